The Kier molecular flexibility index (Phi) is 14.6. The van der Waals surface area contributed by atoms with Crippen molar-refractivity contribution < 1.29 is 67.8 Å². The Balaban J connectivity index is 1.11. The average molecular weight is 1010 g/mol. The van der Waals surface area contributed by atoms with Crippen molar-refractivity contribution in [2.45, 2.75) is 133 Å². The predicted octanol–water partition coefficient (Wildman–Crippen LogP) is 4.28. The molecule has 1 amide bonds. The summed E-state index contributed by atoms with van der Waals surface area (Å²) in [6, 6.07) is 23.6. The number of Topliss-reactive ketones (excluding diaryl/α,β-unsaturated/α-hetero) is 1. The molecule has 17 nitrogen and oxygen atoms in total. The minimum atomic E-state index is -2.41. The smallest absolute Gasteiger partial charge is 0.338 e. The quantitative estimate of drug-likeness (QED) is 0.107. The van der Waals surface area contributed by atoms with Crippen LogP contribution in [0.25, 0.3) is 0 Å². The molecule has 0 aromatic heterocycles. The van der Waals surface area contributed by atoms with E-state index in [1.165, 1.54) is 45.7 Å². The highest BCUT2D eigenvalue weighted by Gasteiger charge is 2.78. The fraction of sp³-hybridized carbons (Fsp3) is 0.536. The number of likely N-dealkylation sites (tertiary alicyclic amines) is 2. The molecular formula is C56H67N3O14. The number of ether oxygens (including phenoxy) is 5. The van der Waals surface area contributed by atoms with Gasteiger partial charge in [-0.3, -0.25) is 24.1 Å². The SMILES string of the molecule is CC(=O)O[C@@]12CO[C@@H]1C[C@H](OC(=O)CN1CCC(N3CCCC3)CC1)[C@@]1(C)C(=O)[C@H](O)C3=C(C)[C@@H](OC(=O)[C@H](O)[C@@H](NC(=O)c4ccccc4)c4ccccc4)C[C@@](O)([C@@H](OC(=O)c4ccccc4)[C@H]21)C3(C)C. The van der Waals surface area contributed by atoms with Crippen molar-refractivity contribution in [1.29, 1.82) is 0 Å². The molecule has 390 valence electrons. The zero-order valence-corrected chi connectivity index (χ0v) is 42.1. The summed E-state index contributed by atoms with van der Waals surface area (Å²) in [7, 11) is 0. The number of benzene rings is 3. The molecule has 6 aliphatic rings. The van der Waals surface area contributed by atoms with Crippen LogP contribution in [0.4, 0.5) is 0 Å². The number of nitrogens with zero attached hydrogens (tertiary/aromatic N) is 2. The molecule has 0 radical (unpaired) electrons. The molecule has 73 heavy (non-hydrogen) atoms. The maximum absolute atomic E-state index is 15.9. The van der Waals surface area contributed by atoms with Crippen molar-refractivity contribution in [1.82, 2.24) is 15.1 Å². The van der Waals surface area contributed by atoms with E-state index in [0.717, 1.165) is 25.9 Å². The van der Waals surface area contributed by atoms with Gasteiger partial charge < -0.3 is 49.2 Å². The molecule has 3 aliphatic heterocycles. The van der Waals surface area contributed by atoms with Gasteiger partial charge in [0, 0.05) is 49.9 Å². The molecular weight excluding hydrogens is 939 g/mol. The zero-order chi connectivity index (χ0) is 52.0. The summed E-state index contributed by atoms with van der Waals surface area (Å²) in [4.78, 5) is 90.6. The summed E-state index contributed by atoms with van der Waals surface area (Å²) >= 11 is 0. The number of nitrogens with one attached hydrogen (secondary N) is 1. The van der Waals surface area contributed by atoms with Crippen LogP contribution in [0.15, 0.2) is 102 Å². The summed E-state index contributed by atoms with van der Waals surface area (Å²) in [5, 5.41) is 41.4. The molecule has 0 unspecified atom stereocenters. The Hall–Kier alpha value is -5.82. The fourth-order valence-electron chi connectivity index (χ4n) is 13.0. The van der Waals surface area contributed by atoms with E-state index in [9.17, 15) is 39.3 Å². The van der Waals surface area contributed by atoms with Crippen LogP contribution < -0.4 is 5.32 Å². The number of hydrogen-bond donors (Lipinski definition) is 4. The average Bonchev–Trinajstić information content (AvgIpc) is 3.92. The zero-order valence-electron chi connectivity index (χ0n) is 42.1. The molecule has 2 bridgehead atoms. The molecule has 2 saturated carbocycles. The van der Waals surface area contributed by atoms with Crippen molar-refractivity contribution in [2.75, 3.05) is 39.3 Å². The molecule has 17 heteroatoms. The van der Waals surface area contributed by atoms with Crippen LogP contribution in [0.1, 0.15) is 105 Å². The maximum atomic E-state index is 15.9. The van der Waals surface area contributed by atoms with Crippen molar-refractivity contribution in [3.05, 3.63) is 119 Å². The van der Waals surface area contributed by atoms with Crippen molar-refractivity contribution in [2.24, 2.45) is 16.7 Å². The normalized spacial score (nSPS) is 32.0. The van der Waals surface area contributed by atoms with Gasteiger partial charge in [-0.1, -0.05) is 80.6 Å². The lowest BCUT2D eigenvalue weighted by molar-refractivity contribution is -0.346. The highest BCUT2D eigenvalue weighted by atomic mass is 16.6. The predicted molar refractivity (Wildman–Crippen MR) is 262 cm³/mol. The van der Waals surface area contributed by atoms with Gasteiger partial charge in [0.15, 0.2) is 17.5 Å². The first kappa shape index (κ1) is 52.1. The number of esters is 4. The Morgan fingerprint density at radius 2 is 1.44 bits per heavy atom. The van der Waals surface area contributed by atoms with E-state index in [2.05, 4.69) is 10.2 Å². The lowest BCUT2D eigenvalue weighted by atomic mass is 9.44. The standard InChI is InChI=1S/C56H67N3O14/c1-33-39(70-52(67)46(63)44(35-17-9-6-10-18-35)57-50(65)36-19-11-7-12-20-36)30-56(68)49(72-51(66)37-21-13-8-14-22-37)47-54(5,48(64)45(62)43(33)53(56,3)4)40(29-41-55(47,32-69-41)73-34(2)60)71-42(61)31-58-27-23-38(24-28-58)59-25-15-16-26-59/h6-14,17-22,38-41,44-47,49,62-63,68H,15-16,23-32H2,1-5H3,(H,57,65)/t39-,40-,41+,44-,45+,46+,47-,49-,54+,55-,56+/m0/s1. The van der Waals surface area contributed by atoms with Crippen LogP contribution in [0, 0.1) is 16.7 Å². The summed E-state index contributed by atoms with van der Waals surface area (Å²) in [6.07, 6.45) is -6.42. The topological polar surface area (TPSA) is 228 Å². The third kappa shape index (κ3) is 9.41. The molecule has 11 atom stereocenters. The second-order valence-electron chi connectivity index (χ2n) is 21.5. The van der Waals surface area contributed by atoms with Crippen molar-refractivity contribution in [3.8, 4) is 0 Å². The molecule has 4 N–H and O–H groups in total. The van der Waals surface area contributed by atoms with Crippen LogP contribution in [-0.4, -0.2) is 154 Å². The number of carbonyl (C=O) groups is 6. The first-order valence-electron chi connectivity index (χ1n) is 25.5. The highest BCUT2D eigenvalue weighted by Crippen LogP contribution is 2.64. The van der Waals surface area contributed by atoms with E-state index < -0.39 is 113 Å². The first-order valence-corrected chi connectivity index (χ1v) is 25.5. The number of aliphatic hydroxyl groups is 3. The van der Waals surface area contributed by atoms with E-state index in [4.69, 9.17) is 23.7 Å². The van der Waals surface area contributed by atoms with Gasteiger partial charge in [-0.2, -0.15) is 0 Å². The number of ketones is 1. The van der Waals surface area contributed by atoms with E-state index in [1.807, 2.05) is 4.90 Å². The molecule has 3 saturated heterocycles. The second-order valence-corrected chi connectivity index (χ2v) is 21.5. The Labute approximate surface area is 425 Å². The molecule has 3 aromatic rings. The number of piperidine rings is 1. The number of fused-ring (bicyclic) bond motifs is 5. The van der Waals surface area contributed by atoms with Crippen LogP contribution in [-0.2, 0) is 42.9 Å². The largest absolute Gasteiger partial charge is 0.460 e. The van der Waals surface area contributed by atoms with Crippen LogP contribution in [0.2, 0.25) is 0 Å². The third-order valence-electron chi connectivity index (χ3n) is 17.0. The van der Waals surface area contributed by atoms with Gasteiger partial charge in [0.2, 0.25) is 0 Å². The van der Waals surface area contributed by atoms with Crippen LogP contribution in [0.3, 0.4) is 0 Å². The minimum absolute atomic E-state index is 0.0598. The van der Waals surface area contributed by atoms with E-state index in [0.29, 0.717) is 24.7 Å². The number of carbonyl (C=O) groups excluding carboxylic acids is 6. The fourth-order valence-corrected chi connectivity index (χ4v) is 13.0. The Bertz CT molecular complexity index is 2600. The van der Waals surface area contributed by atoms with Gasteiger partial charge in [0.25, 0.3) is 5.91 Å². The Morgan fingerprint density at radius 3 is 2.03 bits per heavy atom. The lowest BCUT2D eigenvalue weighted by Crippen LogP contribution is -2.82. The van der Waals surface area contributed by atoms with E-state index in [-0.39, 0.29) is 41.8 Å². The maximum Gasteiger partial charge on any atom is 0.338 e. The molecule has 5 fully saturated rings. The second kappa shape index (κ2) is 20.5. The minimum Gasteiger partial charge on any atom is -0.460 e. The molecule has 3 aromatic carbocycles. The molecule has 3 aliphatic carbocycles. The Morgan fingerprint density at radius 1 is 0.836 bits per heavy atom. The molecule has 9 rings (SSSR count). The highest BCUT2D eigenvalue weighted by molar-refractivity contribution is 5.96. The summed E-state index contributed by atoms with van der Waals surface area (Å²) in [6.45, 7) is 10.4. The number of rotatable bonds is 13. The van der Waals surface area contributed by atoms with Crippen LogP contribution in [0.5, 0.6) is 0 Å². The third-order valence-corrected chi connectivity index (χ3v) is 17.0. The summed E-state index contributed by atoms with van der Waals surface area (Å²) in [5.41, 5.74) is -7.12. The van der Waals surface area contributed by atoms with Gasteiger partial charge in [0.05, 0.1) is 36.1 Å². The summed E-state index contributed by atoms with van der Waals surface area (Å²) < 4.78 is 31.5. The number of hydrogen-bond acceptors (Lipinski definition) is 16. The van der Waals surface area contributed by atoms with Crippen molar-refractivity contribution >= 4 is 35.6 Å². The molecule has 3 heterocycles. The van der Waals surface area contributed by atoms with E-state index >= 15 is 4.79 Å². The van der Waals surface area contributed by atoms with Gasteiger partial charge in [0.1, 0.15) is 36.1 Å². The summed E-state index contributed by atoms with van der Waals surface area (Å²) in [5.74, 6) is -6.59. The number of amides is 1. The van der Waals surface area contributed by atoms with Gasteiger partial charge in [-0.15, -0.1) is 0 Å². The number of aliphatic hydroxyl groups excluding tert-OH is 2. The van der Waals surface area contributed by atoms with Crippen LogP contribution >= 0.6 is 0 Å². The first-order chi connectivity index (χ1) is 34.8. The van der Waals surface area contributed by atoms with Gasteiger partial charge in [-0.05, 0) is 93.6 Å². The lowest BCUT2D eigenvalue weighted by Gasteiger charge is -2.67. The van der Waals surface area contributed by atoms with Gasteiger partial charge >= 0.3 is 23.9 Å². The monoisotopic (exact) mass is 1010 g/mol. The van der Waals surface area contributed by atoms with E-state index in [1.54, 1.807) is 92.7 Å². The van der Waals surface area contributed by atoms with Gasteiger partial charge in [-0.25, -0.2) is 9.59 Å². The van der Waals surface area contributed by atoms with Crippen molar-refractivity contribution in [3.63, 3.8) is 0 Å². The molecule has 0 spiro atoms.